The molecule has 0 unspecified atom stereocenters. The summed E-state index contributed by atoms with van der Waals surface area (Å²) in [6.45, 7) is 1.02. The fourth-order valence-corrected chi connectivity index (χ4v) is 2.52. The molecule has 0 spiro atoms. The number of ether oxygens (including phenoxy) is 1. The van der Waals surface area contributed by atoms with Crippen molar-refractivity contribution in [2.75, 3.05) is 6.61 Å². The highest BCUT2D eigenvalue weighted by molar-refractivity contribution is 5.71. The summed E-state index contributed by atoms with van der Waals surface area (Å²) in [7, 11) is 0. The van der Waals surface area contributed by atoms with Crippen LogP contribution in [-0.4, -0.2) is 22.8 Å². The van der Waals surface area contributed by atoms with Crippen LogP contribution in [0.15, 0.2) is 39.5 Å². The largest absolute Gasteiger partial charge is 0.502 e. The van der Waals surface area contributed by atoms with Gasteiger partial charge < -0.3 is 19.4 Å². The van der Waals surface area contributed by atoms with Gasteiger partial charge in [-0.05, 0) is 24.6 Å². The van der Waals surface area contributed by atoms with Crippen molar-refractivity contribution < 1.29 is 37.3 Å². The number of aliphatic hydroxyl groups is 1. The Morgan fingerprint density at radius 2 is 1.89 bits per heavy atom. The highest BCUT2D eigenvalue weighted by Gasteiger charge is 2.31. The molecule has 1 atom stereocenters. The number of carbonyl (C=O) groups is 1. The average Bonchev–Trinajstić information content (AvgIpc) is 2.62. The molecule has 0 saturated heterocycles. The lowest BCUT2D eigenvalue weighted by Gasteiger charge is -2.18. The Balaban J connectivity index is 2.54. The fourth-order valence-electron chi connectivity index (χ4n) is 2.52. The Labute approximate surface area is 151 Å². The molecule has 0 fully saturated rings. The van der Waals surface area contributed by atoms with Crippen molar-refractivity contribution in [2.45, 2.75) is 32.0 Å². The third-order valence-corrected chi connectivity index (χ3v) is 3.79. The van der Waals surface area contributed by atoms with Crippen LogP contribution in [0.4, 0.5) is 13.2 Å². The quantitative estimate of drug-likeness (QED) is 0.741. The molecular formula is C18H17F3O6. The van der Waals surface area contributed by atoms with E-state index in [2.05, 4.69) is 0 Å². The number of halogens is 3. The molecule has 27 heavy (non-hydrogen) atoms. The first-order valence-corrected chi connectivity index (χ1v) is 7.96. The van der Waals surface area contributed by atoms with Crippen LogP contribution in [0, 0.1) is 0 Å². The Hall–Kier alpha value is -2.81. The standard InChI is InChI=1S/C18H17F3O6/c1-2-26-15(24)8-13(10-3-5-11(6-4-10)18(19,20)21)17-16(25)14(23)7-12(9-22)27-17/h3-7,13,22,25H,2,8-9H2,1H3/t13-/m1/s1. The van der Waals surface area contributed by atoms with Crippen molar-refractivity contribution in [3.63, 3.8) is 0 Å². The van der Waals surface area contributed by atoms with Crippen molar-refractivity contribution >= 4 is 5.97 Å². The van der Waals surface area contributed by atoms with E-state index < -0.39 is 41.4 Å². The van der Waals surface area contributed by atoms with E-state index >= 15 is 0 Å². The predicted octanol–water partition coefficient (Wildman–Crippen LogP) is 2.94. The molecular weight excluding hydrogens is 369 g/mol. The maximum atomic E-state index is 12.8. The number of aromatic hydroxyl groups is 1. The Morgan fingerprint density at radius 1 is 1.26 bits per heavy atom. The van der Waals surface area contributed by atoms with Gasteiger partial charge in [0.1, 0.15) is 12.4 Å². The van der Waals surface area contributed by atoms with Gasteiger partial charge in [0.05, 0.1) is 24.5 Å². The molecule has 0 amide bonds. The summed E-state index contributed by atoms with van der Waals surface area (Å²) in [5, 5.41) is 19.2. The third kappa shape index (κ3) is 4.88. The molecule has 0 saturated carbocycles. The van der Waals surface area contributed by atoms with Crippen molar-refractivity contribution in [1.29, 1.82) is 0 Å². The Bertz CT molecular complexity index is 855. The number of alkyl halides is 3. The topological polar surface area (TPSA) is 97.0 Å². The van der Waals surface area contributed by atoms with Crippen LogP contribution in [0.2, 0.25) is 0 Å². The maximum absolute atomic E-state index is 12.8. The van der Waals surface area contributed by atoms with E-state index in [9.17, 15) is 33.0 Å². The molecule has 0 bridgehead atoms. The Morgan fingerprint density at radius 3 is 2.41 bits per heavy atom. The summed E-state index contributed by atoms with van der Waals surface area (Å²) in [5.41, 5.74) is -1.54. The first-order valence-electron chi connectivity index (χ1n) is 7.96. The van der Waals surface area contributed by atoms with Gasteiger partial charge in [-0.25, -0.2) is 0 Å². The molecule has 2 aromatic rings. The zero-order valence-electron chi connectivity index (χ0n) is 14.2. The summed E-state index contributed by atoms with van der Waals surface area (Å²) in [6, 6.07) is 4.76. The number of hydrogen-bond donors (Lipinski definition) is 2. The summed E-state index contributed by atoms with van der Waals surface area (Å²) in [4.78, 5) is 23.8. The van der Waals surface area contributed by atoms with Gasteiger partial charge in [-0.15, -0.1) is 0 Å². The van der Waals surface area contributed by atoms with Gasteiger partial charge >= 0.3 is 12.1 Å². The van der Waals surface area contributed by atoms with E-state index in [1.54, 1.807) is 6.92 Å². The minimum atomic E-state index is -4.54. The van der Waals surface area contributed by atoms with E-state index in [-0.39, 0.29) is 30.1 Å². The SMILES string of the molecule is CCOC(=O)C[C@H](c1ccc(C(F)(F)F)cc1)c1oc(CO)cc(=O)c1O. The molecule has 2 rings (SSSR count). The number of benzene rings is 1. The molecule has 1 aromatic carbocycles. The van der Waals surface area contributed by atoms with Crippen LogP contribution < -0.4 is 5.43 Å². The smallest absolute Gasteiger partial charge is 0.416 e. The van der Waals surface area contributed by atoms with Gasteiger partial charge in [0.25, 0.3) is 0 Å². The van der Waals surface area contributed by atoms with Crippen molar-refractivity contribution in [3.05, 3.63) is 63.2 Å². The second-order valence-corrected chi connectivity index (χ2v) is 5.63. The average molecular weight is 386 g/mol. The third-order valence-electron chi connectivity index (χ3n) is 3.79. The lowest BCUT2D eigenvalue weighted by molar-refractivity contribution is -0.143. The minimum absolute atomic E-state index is 0.0746. The predicted molar refractivity (Wildman–Crippen MR) is 87.1 cm³/mol. The van der Waals surface area contributed by atoms with Crippen LogP contribution >= 0.6 is 0 Å². The molecule has 0 aliphatic heterocycles. The second kappa shape index (κ2) is 8.26. The number of carbonyl (C=O) groups excluding carboxylic acids is 1. The number of aliphatic hydroxyl groups excluding tert-OH is 1. The van der Waals surface area contributed by atoms with Gasteiger partial charge in [-0.3, -0.25) is 9.59 Å². The summed E-state index contributed by atoms with van der Waals surface area (Å²) < 4.78 is 48.5. The highest BCUT2D eigenvalue weighted by Crippen LogP contribution is 2.35. The molecule has 146 valence electrons. The van der Waals surface area contributed by atoms with E-state index in [0.717, 1.165) is 30.3 Å². The molecule has 0 aliphatic carbocycles. The zero-order chi connectivity index (χ0) is 20.2. The number of esters is 1. The van der Waals surface area contributed by atoms with Crippen molar-refractivity contribution in [3.8, 4) is 5.75 Å². The molecule has 9 heteroatoms. The maximum Gasteiger partial charge on any atom is 0.416 e. The van der Waals surface area contributed by atoms with Gasteiger partial charge in [0.2, 0.25) is 11.2 Å². The van der Waals surface area contributed by atoms with Crippen LogP contribution in [0.5, 0.6) is 5.75 Å². The minimum Gasteiger partial charge on any atom is -0.502 e. The van der Waals surface area contributed by atoms with Crippen LogP contribution in [0.1, 0.15) is 41.9 Å². The first kappa shape index (κ1) is 20.5. The fraction of sp³-hybridized carbons (Fsp3) is 0.333. The Kier molecular flexibility index (Phi) is 6.27. The summed E-state index contributed by atoms with van der Waals surface area (Å²) in [5.74, 6) is -3.06. The highest BCUT2D eigenvalue weighted by atomic mass is 19.4. The summed E-state index contributed by atoms with van der Waals surface area (Å²) in [6.07, 6.45) is -4.93. The van der Waals surface area contributed by atoms with E-state index in [0.29, 0.717) is 0 Å². The molecule has 0 radical (unpaired) electrons. The number of rotatable bonds is 6. The van der Waals surface area contributed by atoms with Crippen LogP contribution in [0.25, 0.3) is 0 Å². The molecule has 1 heterocycles. The molecule has 1 aromatic heterocycles. The second-order valence-electron chi connectivity index (χ2n) is 5.63. The molecule has 2 N–H and O–H groups in total. The first-order chi connectivity index (χ1) is 12.7. The van der Waals surface area contributed by atoms with E-state index in [1.165, 1.54) is 0 Å². The normalized spacial score (nSPS) is 12.6. The lowest BCUT2D eigenvalue weighted by atomic mass is 9.91. The van der Waals surface area contributed by atoms with Gasteiger partial charge in [0.15, 0.2) is 5.76 Å². The summed E-state index contributed by atoms with van der Waals surface area (Å²) >= 11 is 0. The monoisotopic (exact) mass is 386 g/mol. The van der Waals surface area contributed by atoms with Crippen molar-refractivity contribution in [2.24, 2.45) is 0 Å². The van der Waals surface area contributed by atoms with Gasteiger partial charge in [0, 0.05) is 6.07 Å². The van der Waals surface area contributed by atoms with Crippen LogP contribution in [0.3, 0.4) is 0 Å². The van der Waals surface area contributed by atoms with E-state index in [4.69, 9.17) is 9.15 Å². The molecule has 6 nitrogen and oxygen atoms in total. The zero-order valence-corrected chi connectivity index (χ0v) is 14.2. The van der Waals surface area contributed by atoms with Crippen LogP contribution in [-0.2, 0) is 22.3 Å². The number of hydrogen-bond acceptors (Lipinski definition) is 6. The van der Waals surface area contributed by atoms with Gasteiger partial charge in [-0.2, -0.15) is 13.2 Å². The lowest BCUT2D eigenvalue weighted by Crippen LogP contribution is -2.15. The van der Waals surface area contributed by atoms with Gasteiger partial charge in [-0.1, -0.05) is 12.1 Å². The van der Waals surface area contributed by atoms with E-state index in [1.807, 2.05) is 0 Å². The molecule has 0 aliphatic rings. The van der Waals surface area contributed by atoms with Crippen molar-refractivity contribution in [1.82, 2.24) is 0 Å².